The SMILES string of the molecule is C.C.COC(=O)c1sc(I)cc1Br.COC(=O)c1sccc1Br. The molecule has 2 heterocycles. The van der Waals surface area contributed by atoms with Gasteiger partial charge in [0.15, 0.2) is 0 Å². The molecule has 0 aliphatic carbocycles. The van der Waals surface area contributed by atoms with Crippen LogP contribution in [-0.4, -0.2) is 26.2 Å². The van der Waals surface area contributed by atoms with Crippen LogP contribution in [0.4, 0.5) is 0 Å². The average molecular weight is 600 g/mol. The van der Waals surface area contributed by atoms with E-state index in [0.717, 1.165) is 11.8 Å². The Morgan fingerprint density at radius 1 is 1.04 bits per heavy atom. The minimum atomic E-state index is -0.290. The third-order valence-electron chi connectivity index (χ3n) is 2.02. The average Bonchev–Trinajstić information content (AvgIpc) is 3.03. The van der Waals surface area contributed by atoms with Gasteiger partial charge in [-0.1, -0.05) is 14.9 Å². The van der Waals surface area contributed by atoms with Gasteiger partial charge in [-0.05, 0) is 72.0 Å². The Kier molecular flexibility index (Phi) is 13.6. The molecule has 0 atom stereocenters. The highest BCUT2D eigenvalue weighted by molar-refractivity contribution is 14.1. The second-order valence-electron chi connectivity index (χ2n) is 3.31. The van der Waals surface area contributed by atoms with Crippen molar-refractivity contribution >= 4 is 89.1 Å². The highest BCUT2D eigenvalue weighted by atomic mass is 127. The Labute approximate surface area is 175 Å². The van der Waals surface area contributed by atoms with Crippen LogP contribution in [0.1, 0.15) is 34.2 Å². The largest absolute Gasteiger partial charge is 0.465 e. The Hall–Kier alpha value is 0.0300. The van der Waals surface area contributed by atoms with Crippen molar-refractivity contribution in [1.29, 1.82) is 0 Å². The first-order valence-electron chi connectivity index (χ1n) is 5.25. The van der Waals surface area contributed by atoms with Gasteiger partial charge >= 0.3 is 11.9 Å². The lowest BCUT2D eigenvalue weighted by molar-refractivity contribution is 0.0596. The van der Waals surface area contributed by atoms with Crippen molar-refractivity contribution in [3.8, 4) is 0 Å². The number of methoxy groups -OCH3 is 2. The fraction of sp³-hybridized carbons (Fsp3) is 0.286. The summed E-state index contributed by atoms with van der Waals surface area (Å²) in [6.07, 6.45) is 0. The van der Waals surface area contributed by atoms with Gasteiger partial charge in [0.05, 0.1) is 17.1 Å². The molecule has 0 aromatic carbocycles. The van der Waals surface area contributed by atoms with Gasteiger partial charge in [-0.15, -0.1) is 22.7 Å². The molecule has 0 unspecified atom stereocenters. The van der Waals surface area contributed by atoms with Gasteiger partial charge < -0.3 is 9.47 Å². The van der Waals surface area contributed by atoms with Crippen molar-refractivity contribution in [3.05, 3.63) is 39.1 Å². The summed E-state index contributed by atoms with van der Waals surface area (Å²) in [5.41, 5.74) is 0. The van der Waals surface area contributed by atoms with Gasteiger partial charge in [0.25, 0.3) is 0 Å². The van der Waals surface area contributed by atoms with Crippen LogP contribution in [0.5, 0.6) is 0 Å². The van der Waals surface area contributed by atoms with Crippen LogP contribution in [-0.2, 0) is 9.47 Å². The monoisotopic (exact) mass is 598 g/mol. The minimum Gasteiger partial charge on any atom is -0.465 e. The van der Waals surface area contributed by atoms with Gasteiger partial charge in [0.2, 0.25) is 0 Å². The van der Waals surface area contributed by atoms with Gasteiger partial charge in [-0.2, -0.15) is 0 Å². The van der Waals surface area contributed by atoms with Crippen LogP contribution in [0.3, 0.4) is 0 Å². The number of hydrogen-bond donors (Lipinski definition) is 0. The molecular weight excluding hydrogens is 583 g/mol. The van der Waals surface area contributed by atoms with E-state index in [0.29, 0.717) is 9.75 Å². The predicted molar refractivity (Wildman–Crippen MR) is 113 cm³/mol. The highest BCUT2D eigenvalue weighted by Gasteiger charge is 2.13. The maximum Gasteiger partial charge on any atom is 0.349 e. The van der Waals surface area contributed by atoms with E-state index < -0.39 is 0 Å². The smallest absolute Gasteiger partial charge is 0.349 e. The summed E-state index contributed by atoms with van der Waals surface area (Å²) >= 11 is 11.4. The Morgan fingerprint density at radius 3 is 1.91 bits per heavy atom. The van der Waals surface area contributed by atoms with E-state index in [1.54, 1.807) is 0 Å². The van der Waals surface area contributed by atoms with Crippen molar-refractivity contribution in [1.82, 2.24) is 0 Å². The van der Waals surface area contributed by atoms with Crippen LogP contribution in [0.25, 0.3) is 0 Å². The maximum atomic E-state index is 11.0. The number of halogens is 3. The summed E-state index contributed by atoms with van der Waals surface area (Å²) in [5, 5.41) is 1.83. The van der Waals surface area contributed by atoms with Crippen molar-refractivity contribution in [2.24, 2.45) is 0 Å². The molecule has 2 aromatic rings. The first kappa shape index (κ1) is 25.3. The molecule has 0 bridgehead atoms. The Morgan fingerprint density at radius 2 is 1.57 bits per heavy atom. The standard InChI is InChI=1S/C6H4BrIO2S.C6H5BrO2S.2CH4/c1-10-6(9)5-3(7)2-4(8)11-5;1-9-6(8)5-4(7)2-3-10-5;;/h2H,1H3;2-3H,1H3;2*1H4. The molecule has 2 aromatic heterocycles. The molecule has 4 nitrogen and oxygen atoms in total. The fourth-order valence-electron chi connectivity index (χ4n) is 1.10. The quantitative estimate of drug-likeness (QED) is 0.293. The lowest BCUT2D eigenvalue weighted by Gasteiger charge is -1.93. The molecule has 0 fully saturated rings. The van der Waals surface area contributed by atoms with E-state index in [9.17, 15) is 9.59 Å². The number of hydrogen-bond acceptors (Lipinski definition) is 6. The molecule has 0 radical (unpaired) electrons. The fourth-order valence-corrected chi connectivity index (χ4v) is 5.43. The molecule has 0 aliphatic heterocycles. The van der Waals surface area contributed by atoms with Crippen LogP contribution in [0, 0.1) is 2.88 Å². The summed E-state index contributed by atoms with van der Waals surface area (Å²) in [4.78, 5) is 23.1. The van der Waals surface area contributed by atoms with Gasteiger partial charge in [-0.25, -0.2) is 9.59 Å². The summed E-state index contributed by atoms with van der Waals surface area (Å²) in [6.45, 7) is 0. The third-order valence-corrected chi connectivity index (χ3v) is 6.60. The van der Waals surface area contributed by atoms with Crippen LogP contribution >= 0.6 is 77.1 Å². The van der Waals surface area contributed by atoms with Crippen LogP contribution in [0.15, 0.2) is 26.5 Å². The Bertz CT molecular complexity index is 641. The van der Waals surface area contributed by atoms with Crippen LogP contribution in [0.2, 0.25) is 0 Å². The van der Waals surface area contributed by atoms with Crippen molar-refractivity contribution in [2.75, 3.05) is 14.2 Å². The Balaban J connectivity index is 0. The first-order valence-corrected chi connectivity index (χ1v) is 9.61. The van der Waals surface area contributed by atoms with Crippen LogP contribution < -0.4 is 0 Å². The molecule has 0 saturated carbocycles. The molecular formula is C14H17Br2IO4S2. The second kappa shape index (κ2) is 12.4. The predicted octanol–water partition coefficient (Wildman–Crippen LogP) is 6.47. The first-order chi connectivity index (χ1) is 9.90. The molecule has 0 spiro atoms. The zero-order valence-electron chi connectivity index (χ0n) is 10.8. The number of carbonyl (C=O) groups excluding carboxylic acids is 2. The molecule has 0 saturated heterocycles. The van der Waals surface area contributed by atoms with E-state index in [1.807, 2.05) is 17.5 Å². The molecule has 2 rings (SSSR count). The lowest BCUT2D eigenvalue weighted by atomic mass is 10.5. The van der Waals surface area contributed by atoms with E-state index >= 15 is 0 Å². The van der Waals surface area contributed by atoms with E-state index in [-0.39, 0.29) is 26.8 Å². The van der Waals surface area contributed by atoms with Gasteiger partial charge in [-0.3, -0.25) is 0 Å². The summed E-state index contributed by atoms with van der Waals surface area (Å²) in [6, 6.07) is 3.70. The van der Waals surface area contributed by atoms with Crippen molar-refractivity contribution in [3.63, 3.8) is 0 Å². The zero-order valence-corrected chi connectivity index (χ0v) is 17.8. The number of esters is 2. The van der Waals surface area contributed by atoms with E-state index in [4.69, 9.17) is 0 Å². The third kappa shape index (κ3) is 7.63. The number of ether oxygens (including phenoxy) is 2. The minimum absolute atomic E-state index is 0. The van der Waals surface area contributed by atoms with E-state index in [2.05, 4.69) is 63.9 Å². The maximum absolute atomic E-state index is 11.0. The lowest BCUT2D eigenvalue weighted by Crippen LogP contribution is -1.97. The number of thiophene rings is 2. The highest BCUT2D eigenvalue weighted by Crippen LogP contribution is 2.28. The molecule has 0 N–H and O–H groups in total. The van der Waals surface area contributed by atoms with Crippen molar-refractivity contribution < 1.29 is 19.1 Å². The molecule has 0 aliphatic rings. The topological polar surface area (TPSA) is 52.6 Å². The number of carbonyl (C=O) groups is 2. The molecule has 23 heavy (non-hydrogen) atoms. The second-order valence-corrected chi connectivity index (χ2v) is 8.88. The molecule has 130 valence electrons. The zero-order chi connectivity index (χ0) is 16.0. The summed E-state index contributed by atoms with van der Waals surface area (Å²) in [7, 11) is 2.75. The summed E-state index contributed by atoms with van der Waals surface area (Å²) < 4.78 is 11.8. The van der Waals surface area contributed by atoms with E-state index in [1.165, 1.54) is 36.9 Å². The molecule has 0 amide bonds. The van der Waals surface area contributed by atoms with Crippen molar-refractivity contribution in [2.45, 2.75) is 14.9 Å². The summed E-state index contributed by atoms with van der Waals surface area (Å²) in [5.74, 6) is -0.577. The normalized spacial score (nSPS) is 8.74. The van der Waals surface area contributed by atoms with Gasteiger partial charge in [0, 0.05) is 8.95 Å². The van der Waals surface area contributed by atoms with Gasteiger partial charge in [0.1, 0.15) is 9.75 Å². The number of rotatable bonds is 2. The molecule has 9 heteroatoms.